The highest BCUT2D eigenvalue weighted by molar-refractivity contribution is 9.08. The zero-order valence-corrected chi connectivity index (χ0v) is 11.5. The summed E-state index contributed by atoms with van der Waals surface area (Å²) in [7, 11) is 0. The first-order valence-electron chi connectivity index (χ1n) is 5.56. The van der Waals surface area contributed by atoms with Gasteiger partial charge in [0.1, 0.15) is 5.75 Å². The van der Waals surface area contributed by atoms with E-state index in [0.717, 1.165) is 22.4 Å². The van der Waals surface area contributed by atoms with Crippen molar-refractivity contribution in [3.8, 4) is 11.5 Å². The van der Waals surface area contributed by atoms with Crippen LogP contribution in [0.1, 0.15) is 25.5 Å². The molecule has 0 spiro atoms. The fourth-order valence-corrected chi connectivity index (χ4v) is 1.96. The predicted octanol–water partition coefficient (Wildman–Crippen LogP) is 4.15. The quantitative estimate of drug-likeness (QED) is 0.792. The molecule has 0 saturated heterocycles. The Morgan fingerprint density at radius 2 is 2.12 bits per heavy atom. The molecule has 0 radical (unpaired) electrons. The van der Waals surface area contributed by atoms with Crippen molar-refractivity contribution in [3.05, 3.63) is 42.2 Å². The fourth-order valence-electron chi connectivity index (χ4n) is 1.50. The average Bonchev–Trinajstić information content (AvgIpc) is 2.78. The summed E-state index contributed by atoms with van der Waals surface area (Å²) in [5, 5.41) is 5.03. The largest absolute Gasteiger partial charge is 0.454 e. The van der Waals surface area contributed by atoms with Crippen LogP contribution in [-0.4, -0.2) is 9.78 Å². The average molecular weight is 295 g/mol. The molecule has 0 unspecified atom stereocenters. The van der Waals surface area contributed by atoms with Crippen LogP contribution in [0.15, 0.2) is 36.7 Å². The van der Waals surface area contributed by atoms with Crippen LogP contribution >= 0.6 is 15.9 Å². The minimum Gasteiger partial charge on any atom is -0.454 e. The number of alkyl halides is 1. The molecule has 3 nitrogen and oxygen atoms in total. The highest BCUT2D eigenvalue weighted by Crippen LogP contribution is 2.26. The molecular formula is C13H15BrN2O. The van der Waals surface area contributed by atoms with Gasteiger partial charge in [0.05, 0.1) is 12.4 Å². The lowest BCUT2D eigenvalue weighted by Gasteiger charge is -2.07. The van der Waals surface area contributed by atoms with Crippen molar-refractivity contribution in [1.29, 1.82) is 0 Å². The monoisotopic (exact) mass is 294 g/mol. The maximum Gasteiger partial charge on any atom is 0.165 e. The van der Waals surface area contributed by atoms with Gasteiger partial charge in [-0.3, -0.25) is 4.68 Å². The summed E-state index contributed by atoms with van der Waals surface area (Å²) in [4.78, 5) is 0. The maximum absolute atomic E-state index is 5.82. The van der Waals surface area contributed by atoms with Gasteiger partial charge in [-0.15, -0.1) is 0 Å². The lowest BCUT2D eigenvalue weighted by molar-refractivity contribution is 0.473. The molecule has 0 bridgehead atoms. The Morgan fingerprint density at radius 3 is 2.76 bits per heavy atom. The second-order valence-electron chi connectivity index (χ2n) is 4.09. The van der Waals surface area contributed by atoms with Gasteiger partial charge in [-0.1, -0.05) is 34.1 Å². The zero-order valence-electron chi connectivity index (χ0n) is 9.93. The van der Waals surface area contributed by atoms with Crippen LogP contribution in [0.2, 0.25) is 0 Å². The molecule has 0 atom stereocenters. The number of nitrogens with zero attached hydrogens (tertiary/aromatic N) is 2. The van der Waals surface area contributed by atoms with Gasteiger partial charge in [-0.2, -0.15) is 5.10 Å². The van der Waals surface area contributed by atoms with Crippen molar-refractivity contribution in [2.75, 3.05) is 0 Å². The molecule has 1 heterocycles. The lowest BCUT2D eigenvalue weighted by atomic mass is 10.2. The topological polar surface area (TPSA) is 27.1 Å². The second-order valence-corrected chi connectivity index (χ2v) is 4.65. The number of benzene rings is 1. The summed E-state index contributed by atoms with van der Waals surface area (Å²) in [5.74, 6) is 1.64. The molecule has 0 saturated carbocycles. The summed E-state index contributed by atoms with van der Waals surface area (Å²) in [6.45, 7) is 4.17. The first kappa shape index (κ1) is 12.2. The van der Waals surface area contributed by atoms with E-state index < -0.39 is 0 Å². The Morgan fingerprint density at radius 1 is 1.35 bits per heavy atom. The number of hydrogen-bond acceptors (Lipinski definition) is 2. The normalized spacial score (nSPS) is 10.8. The van der Waals surface area contributed by atoms with Crippen molar-refractivity contribution in [1.82, 2.24) is 9.78 Å². The number of aromatic nitrogens is 2. The Balaban J connectivity index is 2.19. The molecule has 2 aromatic rings. The van der Waals surface area contributed by atoms with E-state index in [1.165, 1.54) is 0 Å². The first-order chi connectivity index (χ1) is 8.20. The molecular weight excluding hydrogens is 280 g/mol. The van der Waals surface area contributed by atoms with E-state index in [9.17, 15) is 0 Å². The number of para-hydroxylation sites is 1. The SMILES string of the molecule is CC(C)n1cc(Oc2ccccc2CBr)cn1. The third-order valence-corrected chi connectivity index (χ3v) is 3.06. The molecule has 90 valence electrons. The molecule has 0 fully saturated rings. The van der Waals surface area contributed by atoms with Gasteiger partial charge in [0, 0.05) is 16.9 Å². The molecule has 0 N–H and O–H groups in total. The molecule has 4 heteroatoms. The van der Waals surface area contributed by atoms with Gasteiger partial charge in [0.2, 0.25) is 0 Å². The van der Waals surface area contributed by atoms with Crippen LogP contribution in [0.4, 0.5) is 0 Å². The molecule has 0 aliphatic heterocycles. The molecule has 1 aromatic heterocycles. The van der Waals surface area contributed by atoms with Gasteiger partial charge in [-0.25, -0.2) is 0 Å². The van der Waals surface area contributed by atoms with E-state index in [1.54, 1.807) is 6.20 Å². The van der Waals surface area contributed by atoms with E-state index in [-0.39, 0.29) is 0 Å². The fraction of sp³-hybridized carbons (Fsp3) is 0.308. The summed E-state index contributed by atoms with van der Waals surface area (Å²) in [6, 6.07) is 8.31. The molecule has 0 amide bonds. The third kappa shape index (κ3) is 2.88. The Hall–Kier alpha value is -1.29. The van der Waals surface area contributed by atoms with Gasteiger partial charge in [-0.05, 0) is 19.9 Å². The van der Waals surface area contributed by atoms with E-state index in [2.05, 4.69) is 34.9 Å². The Labute approximate surface area is 110 Å². The van der Waals surface area contributed by atoms with Crippen molar-refractivity contribution >= 4 is 15.9 Å². The van der Waals surface area contributed by atoms with Crippen LogP contribution in [0.5, 0.6) is 11.5 Å². The van der Waals surface area contributed by atoms with Crippen LogP contribution in [0.25, 0.3) is 0 Å². The van der Waals surface area contributed by atoms with Crippen LogP contribution in [0.3, 0.4) is 0 Å². The number of halogens is 1. The predicted molar refractivity (Wildman–Crippen MR) is 71.8 cm³/mol. The van der Waals surface area contributed by atoms with E-state index >= 15 is 0 Å². The maximum atomic E-state index is 5.82. The van der Waals surface area contributed by atoms with E-state index in [4.69, 9.17) is 4.74 Å². The standard InChI is InChI=1S/C13H15BrN2O/c1-10(2)16-9-12(8-15-16)17-13-6-4-3-5-11(13)7-14/h3-6,8-10H,7H2,1-2H3. The lowest BCUT2D eigenvalue weighted by Crippen LogP contribution is -1.99. The second kappa shape index (κ2) is 5.36. The highest BCUT2D eigenvalue weighted by atomic mass is 79.9. The van der Waals surface area contributed by atoms with Crippen molar-refractivity contribution in [2.45, 2.75) is 25.2 Å². The van der Waals surface area contributed by atoms with Gasteiger partial charge < -0.3 is 4.74 Å². The smallest absolute Gasteiger partial charge is 0.165 e. The van der Waals surface area contributed by atoms with Gasteiger partial charge in [0.15, 0.2) is 5.75 Å². The summed E-state index contributed by atoms with van der Waals surface area (Å²) < 4.78 is 7.70. The first-order valence-corrected chi connectivity index (χ1v) is 6.68. The summed E-state index contributed by atoms with van der Waals surface area (Å²) >= 11 is 3.45. The molecule has 0 aliphatic carbocycles. The summed E-state index contributed by atoms with van der Waals surface area (Å²) in [6.07, 6.45) is 3.65. The number of rotatable bonds is 4. The van der Waals surface area contributed by atoms with Gasteiger partial charge >= 0.3 is 0 Å². The number of ether oxygens (including phenoxy) is 1. The van der Waals surface area contributed by atoms with Crippen molar-refractivity contribution in [3.63, 3.8) is 0 Å². The minimum atomic E-state index is 0.346. The van der Waals surface area contributed by atoms with Crippen LogP contribution < -0.4 is 4.74 Å². The van der Waals surface area contributed by atoms with Crippen LogP contribution in [0, 0.1) is 0 Å². The summed E-state index contributed by atoms with van der Waals surface area (Å²) in [5.41, 5.74) is 1.13. The third-order valence-electron chi connectivity index (χ3n) is 2.45. The van der Waals surface area contributed by atoms with Gasteiger partial charge in [0.25, 0.3) is 0 Å². The van der Waals surface area contributed by atoms with E-state index in [1.807, 2.05) is 35.1 Å². The molecule has 1 aromatic carbocycles. The molecule has 0 aliphatic rings. The van der Waals surface area contributed by atoms with Crippen molar-refractivity contribution < 1.29 is 4.74 Å². The highest BCUT2D eigenvalue weighted by Gasteiger charge is 2.06. The Kier molecular flexibility index (Phi) is 3.84. The Bertz CT molecular complexity index is 494. The van der Waals surface area contributed by atoms with Crippen LogP contribution in [-0.2, 0) is 5.33 Å². The molecule has 2 rings (SSSR count). The molecule has 17 heavy (non-hydrogen) atoms. The number of hydrogen-bond donors (Lipinski definition) is 0. The van der Waals surface area contributed by atoms with E-state index in [0.29, 0.717) is 6.04 Å². The van der Waals surface area contributed by atoms with Crippen molar-refractivity contribution in [2.24, 2.45) is 0 Å². The zero-order chi connectivity index (χ0) is 12.3. The minimum absolute atomic E-state index is 0.346.